The van der Waals surface area contributed by atoms with Crippen LogP contribution in [0.15, 0.2) is 30.3 Å². The summed E-state index contributed by atoms with van der Waals surface area (Å²) in [7, 11) is 1.33. The van der Waals surface area contributed by atoms with Gasteiger partial charge in [-0.3, -0.25) is 9.59 Å². The van der Waals surface area contributed by atoms with Crippen molar-refractivity contribution in [3.8, 4) is 0 Å². The quantitative estimate of drug-likeness (QED) is 0.672. The lowest BCUT2D eigenvalue weighted by Crippen LogP contribution is -2.61. The summed E-state index contributed by atoms with van der Waals surface area (Å²) in [6.45, 7) is 1.14. The number of carbonyl (C=O) groups excluding carboxylic acids is 2. The minimum Gasteiger partial charge on any atom is -0.469 e. The Morgan fingerprint density at radius 1 is 1.35 bits per heavy atom. The second-order valence-corrected chi connectivity index (χ2v) is 5.79. The van der Waals surface area contributed by atoms with Crippen LogP contribution in [0.25, 0.3) is 0 Å². The van der Waals surface area contributed by atoms with E-state index in [1.165, 1.54) is 7.11 Å². The number of ether oxygens (including phenoxy) is 1. The number of rotatable bonds is 6. The summed E-state index contributed by atoms with van der Waals surface area (Å²) in [5.41, 5.74) is 0.116. The molecule has 2 rings (SSSR count). The molecule has 1 aliphatic heterocycles. The van der Waals surface area contributed by atoms with E-state index >= 15 is 0 Å². The Kier molecular flexibility index (Phi) is 6.12. The maximum atomic E-state index is 12.3. The Labute approximate surface area is 136 Å². The molecular formula is C17H24N2O4. The second-order valence-electron chi connectivity index (χ2n) is 5.79. The van der Waals surface area contributed by atoms with Crippen molar-refractivity contribution in [3.63, 3.8) is 0 Å². The normalized spacial score (nSPS) is 24.0. The molecule has 23 heavy (non-hydrogen) atoms. The summed E-state index contributed by atoms with van der Waals surface area (Å²) < 4.78 is 4.57. The van der Waals surface area contributed by atoms with Gasteiger partial charge in [-0.2, -0.15) is 0 Å². The monoisotopic (exact) mass is 320 g/mol. The van der Waals surface area contributed by atoms with Crippen LogP contribution in [-0.2, 0) is 19.9 Å². The van der Waals surface area contributed by atoms with E-state index in [9.17, 15) is 14.7 Å². The first-order valence-corrected chi connectivity index (χ1v) is 7.90. The van der Waals surface area contributed by atoms with E-state index in [-0.39, 0.29) is 24.7 Å². The standard InChI is InChI=1S/C17H24N2O4/c1-23-16(22)9-5-8-15(21)19-17(10-11-18-12-14(17)20)13-6-3-2-4-7-13/h2-4,6-7,14,18,20H,5,8-12H2,1H3,(H,19,21)/t14-,17+/m1/s1. The smallest absolute Gasteiger partial charge is 0.305 e. The van der Waals surface area contributed by atoms with Gasteiger partial charge >= 0.3 is 5.97 Å². The summed E-state index contributed by atoms with van der Waals surface area (Å²) >= 11 is 0. The Bertz CT molecular complexity index is 535. The first-order chi connectivity index (χ1) is 11.1. The minimum atomic E-state index is -0.783. The number of amides is 1. The molecule has 6 nitrogen and oxygen atoms in total. The van der Waals surface area contributed by atoms with Gasteiger partial charge in [-0.05, 0) is 24.9 Å². The van der Waals surface area contributed by atoms with E-state index in [0.717, 1.165) is 5.56 Å². The van der Waals surface area contributed by atoms with Crippen LogP contribution in [0.5, 0.6) is 0 Å². The number of hydrogen-bond donors (Lipinski definition) is 3. The van der Waals surface area contributed by atoms with Crippen LogP contribution in [0.4, 0.5) is 0 Å². The highest BCUT2D eigenvalue weighted by molar-refractivity contribution is 5.78. The van der Waals surface area contributed by atoms with Gasteiger partial charge in [0.2, 0.25) is 5.91 Å². The fraction of sp³-hybridized carbons (Fsp3) is 0.529. The SMILES string of the molecule is COC(=O)CCCC(=O)N[C@]1(c2ccccc2)CCNC[C@H]1O. The number of benzene rings is 1. The van der Waals surface area contributed by atoms with E-state index in [1.807, 2.05) is 30.3 Å². The predicted octanol–water partition coefficient (Wildman–Crippen LogP) is 0.696. The molecule has 0 bridgehead atoms. The first-order valence-electron chi connectivity index (χ1n) is 7.90. The van der Waals surface area contributed by atoms with Gasteiger partial charge in [0.25, 0.3) is 0 Å². The molecule has 0 aromatic heterocycles. The van der Waals surface area contributed by atoms with Crippen molar-refractivity contribution in [2.75, 3.05) is 20.2 Å². The Balaban J connectivity index is 2.07. The van der Waals surface area contributed by atoms with E-state index in [2.05, 4.69) is 15.4 Å². The molecule has 1 saturated heterocycles. The lowest BCUT2D eigenvalue weighted by Gasteiger charge is -2.43. The van der Waals surface area contributed by atoms with Crippen molar-refractivity contribution in [1.82, 2.24) is 10.6 Å². The molecule has 3 N–H and O–H groups in total. The number of aliphatic hydroxyl groups is 1. The summed E-state index contributed by atoms with van der Waals surface area (Å²) in [6, 6.07) is 9.54. The van der Waals surface area contributed by atoms with Crippen LogP contribution in [0.2, 0.25) is 0 Å². The average Bonchev–Trinajstić information content (AvgIpc) is 2.57. The van der Waals surface area contributed by atoms with Crippen molar-refractivity contribution >= 4 is 11.9 Å². The molecule has 126 valence electrons. The van der Waals surface area contributed by atoms with Crippen LogP contribution in [0.1, 0.15) is 31.2 Å². The van der Waals surface area contributed by atoms with Crippen LogP contribution < -0.4 is 10.6 Å². The topological polar surface area (TPSA) is 87.7 Å². The molecular weight excluding hydrogens is 296 g/mol. The van der Waals surface area contributed by atoms with Crippen LogP contribution in [-0.4, -0.2) is 43.3 Å². The maximum absolute atomic E-state index is 12.3. The fourth-order valence-electron chi connectivity index (χ4n) is 2.96. The van der Waals surface area contributed by atoms with Gasteiger partial charge < -0.3 is 20.5 Å². The molecule has 1 aliphatic rings. The number of hydrogen-bond acceptors (Lipinski definition) is 5. The van der Waals surface area contributed by atoms with Gasteiger partial charge in [0.15, 0.2) is 0 Å². The molecule has 1 amide bonds. The number of aliphatic hydroxyl groups excluding tert-OH is 1. The molecule has 0 spiro atoms. The van der Waals surface area contributed by atoms with Crippen LogP contribution in [0.3, 0.4) is 0 Å². The maximum Gasteiger partial charge on any atom is 0.305 e. The molecule has 0 saturated carbocycles. The van der Waals surface area contributed by atoms with Gasteiger partial charge in [-0.1, -0.05) is 30.3 Å². The van der Waals surface area contributed by atoms with Gasteiger partial charge in [0.1, 0.15) is 0 Å². The van der Waals surface area contributed by atoms with E-state index < -0.39 is 11.6 Å². The van der Waals surface area contributed by atoms with E-state index in [0.29, 0.717) is 25.9 Å². The molecule has 2 atom stereocenters. The summed E-state index contributed by atoms with van der Waals surface area (Å²) in [6.07, 6.45) is 0.776. The summed E-state index contributed by atoms with van der Waals surface area (Å²) in [5.74, 6) is -0.490. The number of esters is 1. The molecule has 0 unspecified atom stereocenters. The number of carbonyl (C=O) groups is 2. The van der Waals surface area contributed by atoms with Gasteiger partial charge in [-0.15, -0.1) is 0 Å². The van der Waals surface area contributed by atoms with Gasteiger partial charge in [-0.25, -0.2) is 0 Å². The molecule has 0 radical (unpaired) electrons. The number of β-amino-alcohol motifs (C(OH)–C–C–N with tert-alkyl or cyclic N) is 1. The zero-order chi connectivity index (χ0) is 16.7. The first kappa shape index (κ1) is 17.4. The average molecular weight is 320 g/mol. The Morgan fingerprint density at radius 2 is 2.09 bits per heavy atom. The highest BCUT2D eigenvalue weighted by Crippen LogP contribution is 2.31. The van der Waals surface area contributed by atoms with Gasteiger partial charge in [0.05, 0.1) is 18.8 Å². The largest absolute Gasteiger partial charge is 0.469 e. The lowest BCUT2D eigenvalue weighted by atomic mass is 9.79. The zero-order valence-corrected chi connectivity index (χ0v) is 13.4. The van der Waals surface area contributed by atoms with Crippen LogP contribution >= 0.6 is 0 Å². The third kappa shape index (κ3) is 4.30. The van der Waals surface area contributed by atoms with Crippen molar-refractivity contribution in [1.29, 1.82) is 0 Å². The summed E-state index contributed by atoms with van der Waals surface area (Å²) in [5, 5.41) is 16.7. The van der Waals surface area contributed by atoms with Gasteiger partial charge in [0, 0.05) is 19.4 Å². The number of methoxy groups -OCH3 is 1. The molecule has 1 aromatic carbocycles. The highest BCUT2D eigenvalue weighted by Gasteiger charge is 2.42. The molecule has 1 aromatic rings. The zero-order valence-electron chi connectivity index (χ0n) is 13.4. The Morgan fingerprint density at radius 3 is 2.74 bits per heavy atom. The molecule has 0 aliphatic carbocycles. The van der Waals surface area contributed by atoms with Crippen molar-refractivity contribution < 1.29 is 19.4 Å². The van der Waals surface area contributed by atoms with Crippen molar-refractivity contribution in [2.24, 2.45) is 0 Å². The van der Waals surface area contributed by atoms with E-state index in [4.69, 9.17) is 0 Å². The third-order valence-corrected chi connectivity index (χ3v) is 4.27. The van der Waals surface area contributed by atoms with Crippen molar-refractivity contribution in [3.05, 3.63) is 35.9 Å². The van der Waals surface area contributed by atoms with E-state index in [1.54, 1.807) is 0 Å². The molecule has 6 heteroatoms. The second kappa shape index (κ2) is 8.08. The highest BCUT2D eigenvalue weighted by atomic mass is 16.5. The summed E-state index contributed by atoms with van der Waals surface area (Å²) in [4.78, 5) is 23.4. The predicted molar refractivity (Wildman–Crippen MR) is 85.6 cm³/mol. The Hall–Kier alpha value is -1.92. The number of piperidine rings is 1. The third-order valence-electron chi connectivity index (χ3n) is 4.27. The fourth-order valence-corrected chi connectivity index (χ4v) is 2.96. The number of nitrogens with one attached hydrogen (secondary N) is 2. The van der Waals surface area contributed by atoms with Crippen molar-refractivity contribution in [2.45, 2.75) is 37.3 Å². The minimum absolute atomic E-state index is 0.168. The van der Waals surface area contributed by atoms with Crippen LogP contribution in [0, 0.1) is 0 Å². The lowest BCUT2D eigenvalue weighted by molar-refractivity contribution is -0.140. The molecule has 1 fully saturated rings. The molecule has 1 heterocycles.